The van der Waals surface area contributed by atoms with Crippen molar-refractivity contribution in [1.82, 2.24) is 4.90 Å². The van der Waals surface area contributed by atoms with Crippen LogP contribution in [0.5, 0.6) is 0 Å². The summed E-state index contributed by atoms with van der Waals surface area (Å²) in [6.45, 7) is 25.7. The highest BCUT2D eigenvalue weighted by molar-refractivity contribution is 6.00. The fourth-order valence-electron chi connectivity index (χ4n) is 6.19. The van der Waals surface area contributed by atoms with Gasteiger partial charge < -0.3 is 19.6 Å². The highest BCUT2D eigenvalue weighted by atomic mass is 16.6. The van der Waals surface area contributed by atoms with Gasteiger partial charge in [0.25, 0.3) is 0 Å². The summed E-state index contributed by atoms with van der Waals surface area (Å²) in [6.07, 6.45) is -1.29. The van der Waals surface area contributed by atoms with Gasteiger partial charge in [0, 0.05) is 37.3 Å². The van der Waals surface area contributed by atoms with Crippen molar-refractivity contribution in [3.05, 3.63) is 52.6 Å². The average Bonchev–Trinajstić information content (AvgIpc) is 2.81. The summed E-state index contributed by atoms with van der Waals surface area (Å²) >= 11 is 0. The van der Waals surface area contributed by atoms with Crippen molar-refractivity contribution in [2.45, 2.75) is 98.0 Å². The molecule has 2 aromatic rings. The minimum Gasteiger partial charge on any atom is -0.464 e. The number of carbonyl (C=O) groups is 2. The second-order valence-corrected chi connectivity index (χ2v) is 14.8. The quantitative estimate of drug-likeness (QED) is 0.393. The Morgan fingerprint density at radius 2 is 1.43 bits per heavy atom. The Morgan fingerprint density at radius 1 is 0.825 bits per heavy atom. The maximum absolute atomic E-state index is 12.9. The number of anilines is 3. The zero-order valence-corrected chi connectivity index (χ0v) is 26.2. The number of hydrogen-bond acceptors (Lipinski definition) is 4. The van der Waals surface area contributed by atoms with Crippen LogP contribution in [-0.4, -0.2) is 54.0 Å². The first-order valence-corrected chi connectivity index (χ1v) is 14.3. The number of benzene rings is 2. The number of rotatable bonds is 1. The van der Waals surface area contributed by atoms with Crippen molar-refractivity contribution in [2.75, 3.05) is 36.0 Å². The molecule has 0 unspecified atom stereocenters. The van der Waals surface area contributed by atoms with Crippen LogP contribution >= 0.6 is 0 Å². The summed E-state index contributed by atoms with van der Waals surface area (Å²) in [6, 6.07) is 10.3. The molecule has 0 aliphatic carbocycles. The molecule has 0 radical (unpaired) electrons. The Labute approximate surface area is 240 Å². The number of carbonyl (C=O) groups excluding carboxylic acids is 1. The number of nitrogens with zero attached hydrogens (tertiary/aromatic N) is 3. The Bertz CT molecular complexity index is 1320. The standard InChI is InChI=1S/C33H47N3O4/c1-30(2,3)23-14-15-24-27(26(23)31(4,5)6)33(10,11)22-13-12-21(20-25(22)36(24)28(37)38)34-16-18-35(19-17-34)29(39)40-32(7,8)9/h12-15,20H,16-19H2,1-11H3,(H,37,38). The second-order valence-electron chi connectivity index (χ2n) is 14.8. The van der Waals surface area contributed by atoms with Crippen molar-refractivity contribution in [3.8, 4) is 0 Å². The molecule has 0 aromatic heterocycles. The topological polar surface area (TPSA) is 73.3 Å². The van der Waals surface area contributed by atoms with Crippen LogP contribution in [0, 0.1) is 0 Å². The van der Waals surface area contributed by atoms with E-state index >= 15 is 0 Å². The molecule has 2 amide bonds. The van der Waals surface area contributed by atoms with E-state index in [-0.39, 0.29) is 16.9 Å². The van der Waals surface area contributed by atoms with Gasteiger partial charge in [-0.15, -0.1) is 0 Å². The van der Waals surface area contributed by atoms with Crippen molar-refractivity contribution in [3.63, 3.8) is 0 Å². The average molecular weight is 550 g/mol. The summed E-state index contributed by atoms with van der Waals surface area (Å²) < 4.78 is 5.55. The Hall–Kier alpha value is -3.22. The summed E-state index contributed by atoms with van der Waals surface area (Å²) in [5, 5.41) is 10.6. The number of hydrogen-bond donors (Lipinski definition) is 1. The van der Waals surface area contributed by atoms with E-state index in [2.05, 4.69) is 78.5 Å². The van der Waals surface area contributed by atoms with Crippen LogP contribution in [0.25, 0.3) is 0 Å². The molecular weight excluding hydrogens is 502 g/mol. The zero-order valence-electron chi connectivity index (χ0n) is 26.2. The molecule has 1 fully saturated rings. The number of carboxylic acid groups (broad SMARTS) is 1. The van der Waals surface area contributed by atoms with Gasteiger partial charge in [-0.25, -0.2) is 14.5 Å². The maximum Gasteiger partial charge on any atom is 0.416 e. The third kappa shape index (κ3) is 5.39. The Kier molecular flexibility index (Phi) is 7.22. The lowest BCUT2D eigenvalue weighted by Gasteiger charge is -2.45. The van der Waals surface area contributed by atoms with Crippen molar-refractivity contribution in [2.24, 2.45) is 0 Å². The van der Waals surface area contributed by atoms with Gasteiger partial charge in [-0.1, -0.05) is 67.5 Å². The van der Waals surface area contributed by atoms with Gasteiger partial charge in [-0.3, -0.25) is 0 Å². The molecule has 0 atom stereocenters. The van der Waals surface area contributed by atoms with E-state index in [1.807, 2.05) is 32.9 Å². The SMILES string of the molecule is CC(C)(C)OC(=O)N1CCN(c2ccc3c(c2)N(C(=O)O)c2ccc(C(C)(C)C)c(C(C)(C)C)c2C3(C)C)CC1. The van der Waals surface area contributed by atoms with E-state index in [0.717, 1.165) is 22.5 Å². The molecule has 4 rings (SSSR count). The number of amides is 2. The summed E-state index contributed by atoms with van der Waals surface area (Å²) in [5.74, 6) is 0. The van der Waals surface area contributed by atoms with E-state index in [4.69, 9.17) is 4.74 Å². The summed E-state index contributed by atoms with van der Waals surface area (Å²) in [7, 11) is 0. The normalized spacial score (nSPS) is 17.3. The highest BCUT2D eigenvalue weighted by Crippen LogP contribution is 2.54. The first-order chi connectivity index (χ1) is 18.2. The fourth-order valence-corrected chi connectivity index (χ4v) is 6.19. The van der Waals surface area contributed by atoms with Crippen LogP contribution in [0.15, 0.2) is 30.3 Å². The van der Waals surface area contributed by atoms with Gasteiger partial charge in [0.2, 0.25) is 0 Å². The predicted octanol–water partition coefficient (Wildman–Crippen LogP) is 7.79. The molecule has 2 aromatic carbocycles. The molecule has 0 saturated carbocycles. The van der Waals surface area contributed by atoms with E-state index in [1.165, 1.54) is 16.0 Å². The molecule has 7 nitrogen and oxygen atoms in total. The van der Waals surface area contributed by atoms with E-state index in [1.54, 1.807) is 4.90 Å². The molecule has 40 heavy (non-hydrogen) atoms. The smallest absolute Gasteiger partial charge is 0.416 e. The van der Waals surface area contributed by atoms with Gasteiger partial charge in [0.1, 0.15) is 5.60 Å². The van der Waals surface area contributed by atoms with Crippen molar-refractivity contribution >= 4 is 29.2 Å². The number of fused-ring (bicyclic) bond motifs is 2. The van der Waals surface area contributed by atoms with Crippen LogP contribution in [0.4, 0.5) is 26.7 Å². The number of ether oxygens (including phenoxy) is 1. The summed E-state index contributed by atoms with van der Waals surface area (Å²) in [4.78, 5) is 30.9. The molecule has 7 heteroatoms. The lowest BCUT2D eigenvalue weighted by Crippen LogP contribution is -2.50. The minimum atomic E-state index is -0.992. The third-order valence-corrected chi connectivity index (χ3v) is 7.99. The van der Waals surface area contributed by atoms with Crippen LogP contribution in [-0.2, 0) is 21.0 Å². The van der Waals surface area contributed by atoms with Gasteiger partial charge in [-0.2, -0.15) is 0 Å². The van der Waals surface area contributed by atoms with E-state index in [9.17, 15) is 14.7 Å². The fraction of sp³-hybridized carbons (Fsp3) is 0.576. The van der Waals surface area contributed by atoms with Gasteiger partial charge in [0.15, 0.2) is 0 Å². The zero-order chi connectivity index (χ0) is 30.0. The molecule has 1 N–H and O–H groups in total. The monoisotopic (exact) mass is 549 g/mol. The molecule has 0 spiro atoms. The Balaban J connectivity index is 1.77. The lowest BCUT2D eigenvalue weighted by molar-refractivity contribution is 0.0240. The van der Waals surface area contributed by atoms with Gasteiger partial charge in [0.05, 0.1) is 11.4 Å². The van der Waals surface area contributed by atoms with Crippen LogP contribution in [0.3, 0.4) is 0 Å². The largest absolute Gasteiger partial charge is 0.464 e. The van der Waals surface area contributed by atoms with Crippen molar-refractivity contribution < 1.29 is 19.4 Å². The third-order valence-electron chi connectivity index (χ3n) is 7.99. The van der Waals surface area contributed by atoms with Crippen LogP contribution in [0.1, 0.15) is 98.4 Å². The van der Waals surface area contributed by atoms with Crippen molar-refractivity contribution in [1.29, 1.82) is 0 Å². The highest BCUT2D eigenvalue weighted by Gasteiger charge is 2.44. The predicted molar refractivity (Wildman–Crippen MR) is 163 cm³/mol. The van der Waals surface area contributed by atoms with Gasteiger partial charge >= 0.3 is 12.2 Å². The first kappa shape index (κ1) is 29.8. The molecular formula is C33H47N3O4. The van der Waals surface area contributed by atoms with Gasteiger partial charge in [-0.05, 0) is 72.1 Å². The number of piperazine rings is 1. The first-order valence-electron chi connectivity index (χ1n) is 14.3. The molecule has 0 bridgehead atoms. The minimum absolute atomic E-state index is 0.0899. The van der Waals surface area contributed by atoms with Crippen LogP contribution in [0.2, 0.25) is 0 Å². The molecule has 2 aliphatic heterocycles. The summed E-state index contributed by atoms with van der Waals surface area (Å²) in [5.41, 5.74) is 5.72. The molecule has 1 saturated heterocycles. The van der Waals surface area contributed by atoms with Crippen LogP contribution < -0.4 is 9.80 Å². The van der Waals surface area contributed by atoms with E-state index in [0.29, 0.717) is 31.9 Å². The molecule has 2 heterocycles. The Morgan fingerprint density at radius 3 is 1.93 bits per heavy atom. The molecule has 2 aliphatic rings. The molecule has 218 valence electrons. The maximum atomic E-state index is 12.9. The lowest BCUT2D eigenvalue weighted by atomic mass is 9.64. The van der Waals surface area contributed by atoms with E-state index < -0.39 is 17.1 Å². The second kappa shape index (κ2) is 9.71.